The highest BCUT2D eigenvalue weighted by Gasteiger charge is 2.10. The lowest BCUT2D eigenvalue weighted by Gasteiger charge is -2.08. The SMILES string of the molecule is COc1c(Cl)ncn(Cc2cccc(Br)c2)c1=O. The second kappa shape index (κ2) is 5.54. The van der Waals surface area contributed by atoms with E-state index in [1.807, 2.05) is 24.3 Å². The smallest absolute Gasteiger partial charge is 0.297 e. The van der Waals surface area contributed by atoms with Gasteiger partial charge in [0.15, 0.2) is 5.15 Å². The maximum absolute atomic E-state index is 12.0. The summed E-state index contributed by atoms with van der Waals surface area (Å²) in [6.45, 7) is 0.415. The van der Waals surface area contributed by atoms with Crippen molar-refractivity contribution in [3.8, 4) is 5.75 Å². The summed E-state index contributed by atoms with van der Waals surface area (Å²) in [7, 11) is 1.40. The van der Waals surface area contributed by atoms with Crippen LogP contribution in [0.4, 0.5) is 0 Å². The fourth-order valence-electron chi connectivity index (χ4n) is 1.57. The molecule has 0 atom stereocenters. The topological polar surface area (TPSA) is 44.1 Å². The minimum Gasteiger partial charge on any atom is -0.489 e. The van der Waals surface area contributed by atoms with Crippen LogP contribution in [0.2, 0.25) is 5.15 Å². The largest absolute Gasteiger partial charge is 0.489 e. The maximum Gasteiger partial charge on any atom is 0.297 e. The van der Waals surface area contributed by atoms with E-state index in [4.69, 9.17) is 16.3 Å². The van der Waals surface area contributed by atoms with Crippen LogP contribution in [-0.2, 0) is 6.54 Å². The van der Waals surface area contributed by atoms with Gasteiger partial charge in [0.05, 0.1) is 20.0 Å². The van der Waals surface area contributed by atoms with Crippen molar-refractivity contribution in [3.63, 3.8) is 0 Å². The van der Waals surface area contributed by atoms with E-state index in [1.54, 1.807) is 0 Å². The number of halogens is 2. The zero-order valence-corrected chi connectivity index (χ0v) is 11.9. The van der Waals surface area contributed by atoms with Gasteiger partial charge in [-0.1, -0.05) is 39.7 Å². The second-order valence-corrected chi connectivity index (χ2v) is 4.91. The summed E-state index contributed by atoms with van der Waals surface area (Å²) in [5.41, 5.74) is 0.690. The van der Waals surface area contributed by atoms with Crippen LogP contribution in [0.15, 0.2) is 39.9 Å². The summed E-state index contributed by atoms with van der Waals surface area (Å²) < 4.78 is 7.35. The summed E-state index contributed by atoms with van der Waals surface area (Å²) in [4.78, 5) is 15.9. The van der Waals surface area contributed by atoms with Gasteiger partial charge in [-0.25, -0.2) is 4.98 Å². The first-order valence-corrected chi connectivity index (χ1v) is 6.32. The molecular formula is C12H10BrClN2O2. The summed E-state index contributed by atoms with van der Waals surface area (Å²) >= 11 is 9.16. The molecule has 0 amide bonds. The Hall–Kier alpha value is -1.33. The summed E-state index contributed by atoms with van der Waals surface area (Å²) in [6.07, 6.45) is 1.41. The van der Waals surface area contributed by atoms with Crippen molar-refractivity contribution in [1.29, 1.82) is 0 Å². The fraction of sp³-hybridized carbons (Fsp3) is 0.167. The van der Waals surface area contributed by atoms with E-state index in [0.717, 1.165) is 10.0 Å². The molecule has 0 N–H and O–H groups in total. The fourth-order valence-corrected chi connectivity index (χ4v) is 2.21. The predicted octanol–water partition coefficient (Wildman–Crippen LogP) is 2.72. The van der Waals surface area contributed by atoms with E-state index in [0.29, 0.717) is 6.54 Å². The van der Waals surface area contributed by atoms with Crippen LogP contribution in [0.3, 0.4) is 0 Å². The molecule has 0 fully saturated rings. The van der Waals surface area contributed by atoms with Crippen LogP contribution in [0.5, 0.6) is 5.75 Å². The summed E-state index contributed by atoms with van der Waals surface area (Å²) in [5, 5.41) is 0.0768. The molecule has 0 unspecified atom stereocenters. The Labute approximate surface area is 117 Å². The predicted molar refractivity (Wildman–Crippen MR) is 73.3 cm³/mol. The summed E-state index contributed by atoms with van der Waals surface area (Å²) in [6, 6.07) is 7.70. The molecule has 2 rings (SSSR count). The van der Waals surface area contributed by atoms with E-state index in [-0.39, 0.29) is 16.5 Å². The van der Waals surface area contributed by atoms with Crippen molar-refractivity contribution in [3.05, 3.63) is 56.1 Å². The third-order valence-corrected chi connectivity index (χ3v) is 3.16. The minimum absolute atomic E-state index is 0.0640. The quantitative estimate of drug-likeness (QED) is 0.813. The Morgan fingerprint density at radius 2 is 2.28 bits per heavy atom. The maximum atomic E-state index is 12.0. The van der Waals surface area contributed by atoms with Crippen molar-refractivity contribution < 1.29 is 4.74 Å². The van der Waals surface area contributed by atoms with Crippen LogP contribution < -0.4 is 10.3 Å². The van der Waals surface area contributed by atoms with Crippen molar-refractivity contribution in [1.82, 2.24) is 9.55 Å². The first kappa shape index (κ1) is 13.1. The van der Waals surface area contributed by atoms with E-state index in [2.05, 4.69) is 20.9 Å². The Morgan fingerprint density at radius 1 is 1.50 bits per heavy atom. The van der Waals surface area contributed by atoms with Gasteiger partial charge in [-0.15, -0.1) is 0 Å². The molecule has 0 saturated heterocycles. The van der Waals surface area contributed by atoms with Crippen LogP contribution in [0.25, 0.3) is 0 Å². The third-order valence-electron chi connectivity index (χ3n) is 2.40. The van der Waals surface area contributed by atoms with Crippen LogP contribution in [0, 0.1) is 0 Å². The van der Waals surface area contributed by atoms with Gasteiger partial charge in [0.25, 0.3) is 5.56 Å². The minimum atomic E-state index is -0.294. The molecule has 0 radical (unpaired) electrons. The average Bonchev–Trinajstić information content (AvgIpc) is 2.34. The van der Waals surface area contributed by atoms with Gasteiger partial charge in [-0.2, -0.15) is 0 Å². The molecule has 0 aliphatic heterocycles. The molecule has 94 valence electrons. The lowest BCUT2D eigenvalue weighted by Crippen LogP contribution is -2.22. The highest BCUT2D eigenvalue weighted by molar-refractivity contribution is 9.10. The molecule has 6 heteroatoms. The van der Waals surface area contributed by atoms with Gasteiger partial charge in [-0.3, -0.25) is 9.36 Å². The molecule has 1 aromatic carbocycles. The summed E-state index contributed by atoms with van der Waals surface area (Å²) in [5.74, 6) is 0.0640. The highest BCUT2D eigenvalue weighted by Crippen LogP contribution is 2.16. The van der Waals surface area contributed by atoms with Crippen molar-refractivity contribution in [2.45, 2.75) is 6.54 Å². The Morgan fingerprint density at radius 3 is 2.94 bits per heavy atom. The normalized spacial score (nSPS) is 10.4. The molecule has 2 aromatic rings. The van der Waals surface area contributed by atoms with E-state index < -0.39 is 0 Å². The zero-order chi connectivity index (χ0) is 13.1. The molecule has 0 spiro atoms. The van der Waals surface area contributed by atoms with E-state index >= 15 is 0 Å². The molecule has 1 aromatic heterocycles. The van der Waals surface area contributed by atoms with Crippen LogP contribution in [0.1, 0.15) is 5.56 Å². The molecule has 0 aliphatic carbocycles. The van der Waals surface area contributed by atoms with Gasteiger partial charge >= 0.3 is 0 Å². The standard InChI is InChI=1S/C12H10BrClN2O2/c1-18-10-11(14)15-7-16(12(10)17)6-8-3-2-4-9(13)5-8/h2-5,7H,6H2,1H3. The monoisotopic (exact) mass is 328 g/mol. The number of ether oxygens (including phenoxy) is 1. The molecule has 0 bridgehead atoms. The Balaban J connectivity index is 2.39. The Kier molecular flexibility index (Phi) is 4.04. The Bertz CT molecular complexity index is 628. The number of hydrogen-bond acceptors (Lipinski definition) is 3. The van der Waals surface area contributed by atoms with Crippen LogP contribution in [-0.4, -0.2) is 16.7 Å². The van der Waals surface area contributed by atoms with Crippen molar-refractivity contribution >= 4 is 27.5 Å². The van der Waals surface area contributed by atoms with E-state index in [9.17, 15) is 4.79 Å². The van der Waals surface area contributed by atoms with Gasteiger partial charge < -0.3 is 4.74 Å². The average molecular weight is 330 g/mol. The first-order chi connectivity index (χ1) is 8.61. The van der Waals surface area contributed by atoms with Crippen molar-refractivity contribution in [2.75, 3.05) is 7.11 Å². The molecule has 1 heterocycles. The first-order valence-electron chi connectivity index (χ1n) is 5.15. The molecule has 4 nitrogen and oxygen atoms in total. The third kappa shape index (κ3) is 2.73. The van der Waals surface area contributed by atoms with Gasteiger partial charge in [0.2, 0.25) is 5.75 Å². The van der Waals surface area contributed by atoms with Gasteiger partial charge in [0, 0.05) is 4.47 Å². The lowest BCUT2D eigenvalue weighted by molar-refractivity contribution is 0.401. The van der Waals surface area contributed by atoms with E-state index in [1.165, 1.54) is 18.0 Å². The lowest BCUT2D eigenvalue weighted by atomic mass is 10.2. The van der Waals surface area contributed by atoms with Gasteiger partial charge in [-0.05, 0) is 17.7 Å². The van der Waals surface area contributed by atoms with Crippen LogP contribution >= 0.6 is 27.5 Å². The number of methoxy groups -OCH3 is 1. The number of rotatable bonds is 3. The van der Waals surface area contributed by atoms with Crippen molar-refractivity contribution in [2.24, 2.45) is 0 Å². The second-order valence-electron chi connectivity index (χ2n) is 3.63. The number of nitrogens with zero attached hydrogens (tertiary/aromatic N) is 2. The molecule has 18 heavy (non-hydrogen) atoms. The molecule has 0 aliphatic rings. The zero-order valence-electron chi connectivity index (χ0n) is 9.56. The number of benzene rings is 1. The highest BCUT2D eigenvalue weighted by atomic mass is 79.9. The van der Waals surface area contributed by atoms with Gasteiger partial charge in [0.1, 0.15) is 0 Å². The number of aromatic nitrogens is 2. The number of hydrogen-bond donors (Lipinski definition) is 0. The molecular weight excluding hydrogens is 320 g/mol. The molecule has 0 saturated carbocycles.